The zero-order valence-electron chi connectivity index (χ0n) is 12.3. The Bertz CT molecular complexity index is 299. The second-order valence-corrected chi connectivity index (χ2v) is 6.64. The molecule has 1 atom stereocenters. The highest BCUT2D eigenvalue weighted by atomic mass is 16.4. The fraction of sp³-hybridized carbons (Fsp3) is 0.933. The summed E-state index contributed by atoms with van der Waals surface area (Å²) in [5, 5.41) is 12.2. The van der Waals surface area contributed by atoms with Crippen molar-refractivity contribution < 1.29 is 9.90 Å². The number of hydrogen-bond acceptors (Lipinski definition) is 3. The van der Waals surface area contributed by atoms with Crippen molar-refractivity contribution in [3.8, 4) is 0 Å². The van der Waals surface area contributed by atoms with E-state index in [1.54, 1.807) is 14.0 Å². The van der Waals surface area contributed by atoms with Crippen LogP contribution in [-0.2, 0) is 4.79 Å². The summed E-state index contributed by atoms with van der Waals surface area (Å²) in [4.78, 5) is 13.8. The highest BCUT2D eigenvalue weighted by molar-refractivity contribution is 5.78. The van der Waals surface area contributed by atoms with Crippen molar-refractivity contribution in [3.63, 3.8) is 0 Å². The Morgan fingerprint density at radius 3 is 2.16 bits per heavy atom. The van der Waals surface area contributed by atoms with Crippen LogP contribution in [0.3, 0.4) is 0 Å². The molecule has 1 unspecified atom stereocenters. The van der Waals surface area contributed by atoms with Gasteiger partial charge in [0.1, 0.15) is 5.54 Å². The summed E-state index contributed by atoms with van der Waals surface area (Å²) in [6.45, 7) is 5.30. The van der Waals surface area contributed by atoms with Crippen molar-refractivity contribution in [2.24, 2.45) is 11.8 Å². The van der Waals surface area contributed by atoms with Gasteiger partial charge < -0.3 is 15.3 Å². The molecule has 0 spiro atoms. The summed E-state index contributed by atoms with van der Waals surface area (Å²) in [7, 11) is 1.74. The van der Waals surface area contributed by atoms with Gasteiger partial charge in [-0.15, -0.1) is 0 Å². The zero-order chi connectivity index (χ0) is 13.9. The van der Waals surface area contributed by atoms with Crippen molar-refractivity contribution in [2.75, 3.05) is 26.7 Å². The minimum atomic E-state index is -0.773. The van der Waals surface area contributed by atoms with Gasteiger partial charge in [-0.1, -0.05) is 0 Å². The van der Waals surface area contributed by atoms with E-state index in [0.29, 0.717) is 6.42 Å². The van der Waals surface area contributed by atoms with Crippen LogP contribution in [0.4, 0.5) is 0 Å². The molecule has 0 aromatic rings. The number of nitrogens with zero attached hydrogens (tertiary/aromatic N) is 1. The lowest BCUT2D eigenvalue weighted by atomic mass is 9.96. The third-order valence-electron chi connectivity index (χ3n) is 4.60. The number of aliphatic carboxylic acids is 1. The Balaban J connectivity index is 1.72. The van der Waals surface area contributed by atoms with Crippen molar-refractivity contribution in [2.45, 2.75) is 51.0 Å². The highest BCUT2D eigenvalue weighted by Crippen LogP contribution is 2.33. The molecule has 0 saturated heterocycles. The lowest BCUT2D eigenvalue weighted by Crippen LogP contribution is -2.48. The molecule has 19 heavy (non-hydrogen) atoms. The first-order valence-corrected chi connectivity index (χ1v) is 7.68. The minimum absolute atomic E-state index is 0.699. The first-order chi connectivity index (χ1) is 9.03. The number of carboxylic acids is 1. The van der Waals surface area contributed by atoms with E-state index in [1.807, 2.05) is 0 Å². The van der Waals surface area contributed by atoms with E-state index in [2.05, 4.69) is 10.2 Å². The largest absolute Gasteiger partial charge is 0.480 e. The van der Waals surface area contributed by atoms with Gasteiger partial charge in [0, 0.05) is 13.1 Å². The summed E-state index contributed by atoms with van der Waals surface area (Å²) in [6.07, 6.45) is 7.23. The van der Waals surface area contributed by atoms with Crippen molar-refractivity contribution in [1.82, 2.24) is 10.2 Å². The number of rotatable bonds is 10. The summed E-state index contributed by atoms with van der Waals surface area (Å²) in [5.41, 5.74) is -0.773. The molecule has 0 aromatic carbocycles. The second kappa shape index (κ2) is 6.23. The van der Waals surface area contributed by atoms with Crippen LogP contribution in [0.1, 0.15) is 45.4 Å². The molecule has 0 aromatic heterocycles. The molecule has 2 N–H and O–H groups in total. The van der Waals surface area contributed by atoms with Gasteiger partial charge in [-0.25, -0.2) is 0 Å². The molecule has 4 nitrogen and oxygen atoms in total. The van der Waals surface area contributed by atoms with E-state index >= 15 is 0 Å². The van der Waals surface area contributed by atoms with Crippen LogP contribution in [-0.4, -0.2) is 48.2 Å². The molecule has 0 amide bonds. The molecule has 2 aliphatic carbocycles. The van der Waals surface area contributed by atoms with Crippen molar-refractivity contribution in [1.29, 1.82) is 0 Å². The molecule has 0 radical (unpaired) electrons. The number of carboxylic acid groups (broad SMARTS) is 1. The molecule has 0 aliphatic heterocycles. The molecule has 110 valence electrons. The minimum Gasteiger partial charge on any atom is -0.480 e. The van der Waals surface area contributed by atoms with Crippen LogP contribution in [0.5, 0.6) is 0 Å². The number of hydrogen-bond donors (Lipinski definition) is 2. The topological polar surface area (TPSA) is 52.6 Å². The average Bonchev–Trinajstić information content (AvgIpc) is 3.24. The number of nitrogens with one attached hydrogen (secondary N) is 1. The highest BCUT2D eigenvalue weighted by Gasteiger charge is 2.32. The first kappa shape index (κ1) is 14.8. The average molecular weight is 268 g/mol. The molecule has 2 fully saturated rings. The number of likely N-dealkylation sites (N-methyl/N-ethyl adjacent to an activating group) is 1. The van der Waals surface area contributed by atoms with Gasteiger partial charge in [-0.3, -0.25) is 4.79 Å². The summed E-state index contributed by atoms with van der Waals surface area (Å²) in [5.74, 6) is 1.11. The predicted octanol–water partition coefficient (Wildman–Crippen LogP) is 1.95. The molecule has 2 aliphatic rings. The van der Waals surface area contributed by atoms with Crippen LogP contribution >= 0.6 is 0 Å². The van der Waals surface area contributed by atoms with Crippen LogP contribution in [0.25, 0.3) is 0 Å². The Hall–Kier alpha value is -0.610. The SMILES string of the molecule is CNC(C)(CCCN(CC1CC1)CC1CC1)C(=O)O. The zero-order valence-corrected chi connectivity index (χ0v) is 12.3. The maximum atomic E-state index is 11.2. The first-order valence-electron chi connectivity index (χ1n) is 7.68. The van der Waals surface area contributed by atoms with E-state index < -0.39 is 11.5 Å². The van der Waals surface area contributed by atoms with E-state index in [-0.39, 0.29) is 0 Å². The Morgan fingerprint density at radius 1 is 1.26 bits per heavy atom. The number of carbonyl (C=O) groups is 1. The van der Waals surface area contributed by atoms with Gasteiger partial charge >= 0.3 is 5.97 Å². The lowest BCUT2D eigenvalue weighted by molar-refractivity contribution is -0.144. The summed E-state index contributed by atoms with van der Waals surface area (Å²) in [6, 6.07) is 0. The van der Waals surface area contributed by atoms with E-state index in [0.717, 1.165) is 24.8 Å². The Kier molecular flexibility index (Phi) is 4.85. The molecular formula is C15H28N2O2. The van der Waals surface area contributed by atoms with E-state index in [9.17, 15) is 9.90 Å². The van der Waals surface area contributed by atoms with E-state index in [4.69, 9.17) is 0 Å². The third-order valence-corrected chi connectivity index (χ3v) is 4.60. The third kappa shape index (κ3) is 4.77. The van der Waals surface area contributed by atoms with Crippen molar-refractivity contribution >= 4 is 5.97 Å². The lowest BCUT2D eigenvalue weighted by Gasteiger charge is -2.27. The normalized spacial score (nSPS) is 22.5. The second-order valence-electron chi connectivity index (χ2n) is 6.64. The van der Waals surface area contributed by atoms with Gasteiger partial charge in [-0.2, -0.15) is 0 Å². The fourth-order valence-electron chi connectivity index (χ4n) is 2.58. The Morgan fingerprint density at radius 2 is 1.79 bits per heavy atom. The van der Waals surface area contributed by atoms with Crippen LogP contribution in [0, 0.1) is 11.8 Å². The quantitative estimate of drug-likeness (QED) is 0.636. The van der Waals surface area contributed by atoms with Crippen LogP contribution in [0.15, 0.2) is 0 Å². The maximum Gasteiger partial charge on any atom is 0.323 e. The van der Waals surface area contributed by atoms with Gasteiger partial charge in [0.2, 0.25) is 0 Å². The van der Waals surface area contributed by atoms with Gasteiger partial charge in [0.05, 0.1) is 0 Å². The molecule has 2 rings (SSSR count). The maximum absolute atomic E-state index is 11.2. The monoisotopic (exact) mass is 268 g/mol. The summed E-state index contributed by atoms with van der Waals surface area (Å²) < 4.78 is 0. The van der Waals surface area contributed by atoms with Gasteiger partial charge in [0.15, 0.2) is 0 Å². The molecule has 4 heteroatoms. The van der Waals surface area contributed by atoms with E-state index in [1.165, 1.54) is 38.8 Å². The van der Waals surface area contributed by atoms with Gasteiger partial charge in [0.25, 0.3) is 0 Å². The van der Waals surface area contributed by atoms with Crippen LogP contribution in [0.2, 0.25) is 0 Å². The summed E-state index contributed by atoms with van der Waals surface area (Å²) >= 11 is 0. The fourth-order valence-corrected chi connectivity index (χ4v) is 2.58. The molecule has 2 saturated carbocycles. The molecule has 0 bridgehead atoms. The van der Waals surface area contributed by atoms with Crippen molar-refractivity contribution in [3.05, 3.63) is 0 Å². The standard InChI is InChI=1S/C15H28N2O2/c1-15(16-2,14(18)19)8-3-9-17(10-12-4-5-12)11-13-6-7-13/h12-13,16H,3-11H2,1-2H3,(H,18,19). The molecular weight excluding hydrogens is 240 g/mol. The smallest absolute Gasteiger partial charge is 0.323 e. The van der Waals surface area contributed by atoms with Gasteiger partial charge in [-0.05, 0) is 70.9 Å². The molecule has 0 heterocycles. The predicted molar refractivity (Wildman–Crippen MR) is 76.2 cm³/mol. The Labute approximate surface area is 116 Å². The van der Waals surface area contributed by atoms with Crippen LogP contribution < -0.4 is 5.32 Å².